The molecular weight excluding hydrogens is 258 g/mol. The first-order valence-corrected chi connectivity index (χ1v) is 6.82. The van der Waals surface area contributed by atoms with Crippen LogP contribution in [-0.2, 0) is 10.0 Å². The van der Waals surface area contributed by atoms with Crippen molar-refractivity contribution in [3.63, 3.8) is 0 Å². The lowest BCUT2D eigenvalue weighted by Gasteiger charge is -2.12. The lowest BCUT2D eigenvalue weighted by atomic mass is 10.3. The van der Waals surface area contributed by atoms with E-state index in [1.54, 1.807) is 6.92 Å². The van der Waals surface area contributed by atoms with Gasteiger partial charge in [-0.15, -0.1) is 0 Å². The van der Waals surface area contributed by atoms with Gasteiger partial charge in [0.2, 0.25) is 10.0 Å². The van der Waals surface area contributed by atoms with E-state index < -0.39 is 20.6 Å². The van der Waals surface area contributed by atoms with Crippen LogP contribution in [0, 0.1) is 10.1 Å². The Kier molecular flexibility index (Phi) is 4.25. The third-order valence-electron chi connectivity index (χ3n) is 2.44. The van der Waals surface area contributed by atoms with Gasteiger partial charge in [-0.1, -0.05) is 6.92 Å². The summed E-state index contributed by atoms with van der Waals surface area (Å²) in [4.78, 5) is 9.70. The summed E-state index contributed by atoms with van der Waals surface area (Å²) in [6.07, 6.45) is 0.585. The van der Waals surface area contributed by atoms with Crippen LogP contribution in [0.2, 0.25) is 0 Å². The topological polar surface area (TPSA) is 115 Å². The SMILES string of the molecule is CCC(C)NS(=O)(=O)c1ccc(N)cc1[N+](=O)[O-]. The molecule has 1 aromatic rings. The molecule has 1 aromatic carbocycles. The highest BCUT2D eigenvalue weighted by Gasteiger charge is 2.26. The first-order chi connectivity index (χ1) is 8.27. The van der Waals surface area contributed by atoms with Gasteiger partial charge >= 0.3 is 0 Å². The van der Waals surface area contributed by atoms with Crippen molar-refractivity contribution in [1.82, 2.24) is 4.72 Å². The van der Waals surface area contributed by atoms with Crippen molar-refractivity contribution in [3.05, 3.63) is 28.3 Å². The lowest BCUT2D eigenvalue weighted by Crippen LogP contribution is -2.32. The molecule has 100 valence electrons. The molecule has 0 bridgehead atoms. The summed E-state index contributed by atoms with van der Waals surface area (Å²) < 4.78 is 26.3. The van der Waals surface area contributed by atoms with Crippen LogP contribution >= 0.6 is 0 Å². The van der Waals surface area contributed by atoms with Crippen LogP contribution in [0.3, 0.4) is 0 Å². The maximum atomic E-state index is 12.0. The molecule has 1 atom stereocenters. The number of hydrogen-bond donors (Lipinski definition) is 2. The van der Waals surface area contributed by atoms with Crippen molar-refractivity contribution in [3.8, 4) is 0 Å². The van der Waals surface area contributed by atoms with Crippen LogP contribution in [0.4, 0.5) is 11.4 Å². The highest BCUT2D eigenvalue weighted by molar-refractivity contribution is 7.89. The van der Waals surface area contributed by atoms with E-state index in [9.17, 15) is 18.5 Å². The summed E-state index contributed by atoms with van der Waals surface area (Å²) in [5.41, 5.74) is 5.04. The molecule has 0 aliphatic carbocycles. The highest BCUT2D eigenvalue weighted by atomic mass is 32.2. The normalized spacial score (nSPS) is 13.2. The highest BCUT2D eigenvalue weighted by Crippen LogP contribution is 2.26. The number of nitrogens with two attached hydrogens (primary N) is 1. The number of rotatable bonds is 5. The molecule has 0 aliphatic heterocycles. The minimum Gasteiger partial charge on any atom is -0.399 e. The van der Waals surface area contributed by atoms with E-state index in [-0.39, 0.29) is 16.6 Å². The lowest BCUT2D eigenvalue weighted by molar-refractivity contribution is -0.387. The summed E-state index contributed by atoms with van der Waals surface area (Å²) in [5.74, 6) is 0. The van der Waals surface area contributed by atoms with E-state index in [0.717, 1.165) is 12.1 Å². The standard InChI is InChI=1S/C10H15N3O4S/c1-3-7(2)12-18(16,17)10-5-4-8(11)6-9(10)13(14)15/h4-7,12H,3,11H2,1-2H3. The van der Waals surface area contributed by atoms with Crippen molar-refractivity contribution in [2.45, 2.75) is 31.2 Å². The molecule has 7 nitrogen and oxygen atoms in total. The molecular formula is C10H15N3O4S. The average molecular weight is 273 g/mol. The number of nitrogens with zero attached hydrogens (tertiary/aromatic N) is 1. The Balaban J connectivity index is 3.28. The van der Waals surface area contributed by atoms with Crippen LogP contribution in [0.15, 0.2) is 23.1 Å². The van der Waals surface area contributed by atoms with Crippen LogP contribution < -0.4 is 10.5 Å². The smallest absolute Gasteiger partial charge is 0.291 e. The molecule has 0 fully saturated rings. The Morgan fingerprint density at radius 1 is 1.50 bits per heavy atom. The van der Waals surface area contributed by atoms with Gasteiger partial charge in [0, 0.05) is 17.8 Å². The minimum absolute atomic E-state index is 0.143. The largest absolute Gasteiger partial charge is 0.399 e. The summed E-state index contributed by atoms with van der Waals surface area (Å²) in [5, 5.41) is 10.8. The van der Waals surface area contributed by atoms with E-state index in [2.05, 4.69) is 4.72 Å². The van der Waals surface area contributed by atoms with Crippen molar-refractivity contribution in [2.24, 2.45) is 0 Å². The molecule has 0 aromatic heterocycles. The van der Waals surface area contributed by atoms with Gasteiger partial charge in [-0.25, -0.2) is 13.1 Å². The Bertz CT molecular complexity index is 556. The molecule has 1 unspecified atom stereocenters. The molecule has 0 radical (unpaired) electrons. The maximum absolute atomic E-state index is 12.0. The maximum Gasteiger partial charge on any atom is 0.291 e. The van der Waals surface area contributed by atoms with Crippen molar-refractivity contribution < 1.29 is 13.3 Å². The van der Waals surface area contributed by atoms with Gasteiger partial charge in [0.25, 0.3) is 5.69 Å². The van der Waals surface area contributed by atoms with E-state index in [0.29, 0.717) is 6.42 Å². The number of anilines is 1. The first-order valence-electron chi connectivity index (χ1n) is 5.34. The van der Waals surface area contributed by atoms with Crippen LogP contribution in [0.25, 0.3) is 0 Å². The number of hydrogen-bond acceptors (Lipinski definition) is 5. The van der Waals surface area contributed by atoms with Gasteiger partial charge in [0.05, 0.1) is 4.92 Å². The van der Waals surface area contributed by atoms with Gasteiger partial charge in [-0.3, -0.25) is 10.1 Å². The molecule has 8 heteroatoms. The summed E-state index contributed by atoms with van der Waals surface area (Å²) in [6, 6.07) is 3.19. The molecule has 1 rings (SSSR count). The Morgan fingerprint density at radius 3 is 2.61 bits per heavy atom. The number of sulfonamides is 1. The second-order valence-corrected chi connectivity index (χ2v) is 5.60. The van der Waals surface area contributed by atoms with E-state index in [4.69, 9.17) is 5.73 Å². The summed E-state index contributed by atoms with van der Waals surface area (Å²) >= 11 is 0. The molecule has 0 saturated carbocycles. The molecule has 0 saturated heterocycles. The number of nitro groups is 1. The third kappa shape index (κ3) is 3.17. The Hall–Kier alpha value is -1.67. The van der Waals surface area contributed by atoms with Gasteiger partial charge in [0.1, 0.15) is 0 Å². The Labute approximate surface area is 105 Å². The van der Waals surface area contributed by atoms with Crippen molar-refractivity contribution in [2.75, 3.05) is 5.73 Å². The fourth-order valence-electron chi connectivity index (χ4n) is 1.32. The van der Waals surface area contributed by atoms with Crippen molar-refractivity contribution in [1.29, 1.82) is 0 Å². The van der Waals surface area contributed by atoms with E-state index >= 15 is 0 Å². The predicted molar refractivity (Wildman–Crippen MR) is 67.6 cm³/mol. The zero-order chi connectivity index (χ0) is 13.9. The fourth-order valence-corrected chi connectivity index (χ4v) is 2.80. The second-order valence-electron chi connectivity index (χ2n) is 3.91. The predicted octanol–water partition coefficient (Wildman–Crippen LogP) is 1.25. The molecule has 18 heavy (non-hydrogen) atoms. The number of nitro benzene ring substituents is 1. The average Bonchev–Trinajstić information content (AvgIpc) is 2.27. The first kappa shape index (κ1) is 14.4. The number of benzene rings is 1. The molecule has 3 N–H and O–H groups in total. The van der Waals surface area contributed by atoms with E-state index in [1.807, 2.05) is 6.92 Å². The third-order valence-corrected chi connectivity index (χ3v) is 4.07. The number of nitrogens with one attached hydrogen (secondary N) is 1. The zero-order valence-corrected chi connectivity index (χ0v) is 10.9. The molecule has 0 aliphatic rings. The fraction of sp³-hybridized carbons (Fsp3) is 0.400. The zero-order valence-electron chi connectivity index (χ0n) is 10.1. The van der Waals surface area contributed by atoms with Crippen LogP contribution in [0.1, 0.15) is 20.3 Å². The van der Waals surface area contributed by atoms with Crippen LogP contribution in [0.5, 0.6) is 0 Å². The molecule has 0 spiro atoms. The van der Waals surface area contributed by atoms with Gasteiger partial charge in [-0.2, -0.15) is 0 Å². The van der Waals surface area contributed by atoms with Crippen LogP contribution in [-0.4, -0.2) is 19.4 Å². The molecule has 0 heterocycles. The summed E-state index contributed by atoms with van der Waals surface area (Å²) in [6.45, 7) is 3.49. The quantitative estimate of drug-likeness (QED) is 0.476. The second kappa shape index (κ2) is 5.32. The number of nitrogen functional groups attached to an aromatic ring is 1. The monoisotopic (exact) mass is 273 g/mol. The van der Waals surface area contributed by atoms with Gasteiger partial charge < -0.3 is 5.73 Å². The summed E-state index contributed by atoms with van der Waals surface area (Å²) in [7, 11) is -3.91. The van der Waals surface area contributed by atoms with Gasteiger partial charge in [0.15, 0.2) is 4.90 Å². The van der Waals surface area contributed by atoms with Gasteiger partial charge in [-0.05, 0) is 25.5 Å². The molecule has 0 amide bonds. The van der Waals surface area contributed by atoms with E-state index in [1.165, 1.54) is 6.07 Å². The Morgan fingerprint density at radius 2 is 2.11 bits per heavy atom. The minimum atomic E-state index is -3.91. The van der Waals surface area contributed by atoms with Crippen molar-refractivity contribution >= 4 is 21.4 Å².